The second kappa shape index (κ2) is 2.51. The first-order valence-corrected chi connectivity index (χ1v) is 5.23. The molecule has 1 saturated carbocycles. The maximum Gasteiger partial charge on any atom is 0.326 e. The monoisotopic (exact) mass is 197 g/mol. The number of hydrogen-bond acceptors (Lipinski definition) is 3. The Labute approximate surface area is 85.2 Å². The number of carbonyl (C=O) groups is 1. The molecule has 0 aromatic heterocycles. The largest absolute Gasteiger partial charge is 0.459 e. The van der Waals surface area contributed by atoms with Crippen molar-refractivity contribution in [3.63, 3.8) is 0 Å². The van der Waals surface area contributed by atoms with E-state index in [-0.39, 0.29) is 17.1 Å². The van der Waals surface area contributed by atoms with Crippen molar-refractivity contribution in [1.82, 2.24) is 5.32 Å². The smallest absolute Gasteiger partial charge is 0.326 e. The Hall–Kier alpha value is -0.570. The van der Waals surface area contributed by atoms with Crippen LogP contribution in [0, 0.1) is 5.41 Å². The summed E-state index contributed by atoms with van der Waals surface area (Å²) in [6.07, 6.45) is 1.88. The van der Waals surface area contributed by atoms with Crippen LogP contribution in [0.25, 0.3) is 0 Å². The van der Waals surface area contributed by atoms with Gasteiger partial charge in [0.15, 0.2) is 0 Å². The van der Waals surface area contributed by atoms with Crippen LogP contribution in [0.5, 0.6) is 0 Å². The van der Waals surface area contributed by atoms with E-state index in [0.29, 0.717) is 5.41 Å². The molecular formula is C11H19NO2. The van der Waals surface area contributed by atoms with Gasteiger partial charge in [0, 0.05) is 6.54 Å². The number of ether oxygens (including phenoxy) is 1. The third-order valence-electron chi connectivity index (χ3n) is 3.10. The van der Waals surface area contributed by atoms with Crippen molar-refractivity contribution in [2.45, 2.75) is 51.7 Å². The maximum absolute atomic E-state index is 11.9. The minimum atomic E-state index is -0.373. The van der Waals surface area contributed by atoms with Crippen LogP contribution in [0.1, 0.15) is 40.5 Å². The molecule has 1 aliphatic carbocycles. The van der Waals surface area contributed by atoms with E-state index in [0.717, 1.165) is 19.4 Å². The van der Waals surface area contributed by atoms with Gasteiger partial charge < -0.3 is 10.1 Å². The number of carbonyl (C=O) groups excluding carboxylic acids is 1. The maximum atomic E-state index is 11.9. The molecule has 2 bridgehead atoms. The van der Waals surface area contributed by atoms with Crippen molar-refractivity contribution >= 4 is 5.97 Å². The first-order chi connectivity index (χ1) is 6.25. The lowest BCUT2D eigenvalue weighted by Gasteiger charge is -2.43. The minimum Gasteiger partial charge on any atom is -0.459 e. The fourth-order valence-electron chi connectivity index (χ4n) is 2.63. The van der Waals surface area contributed by atoms with Gasteiger partial charge in [0.05, 0.1) is 0 Å². The molecule has 0 radical (unpaired) electrons. The average Bonchev–Trinajstić information content (AvgIpc) is 2.37. The molecule has 3 heteroatoms. The summed E-state index contributed by atoms with van der Waals surface area (Å²) < 4.78 is 5.41. The summed E-state index contributed by atoms with van der Waals surface area (Å²) in [7, 11) is 0. The molecule has 3 fully saturated rings. The third kappa shape index (κ3) is 1.44. The summed E-state index contributed by atoms with van der Waals surface area (Å²) in [4.78, 5) is 11.9. The zero-order valence-corrected chi connectivity index (χ0v) is 9.44. The van der Waals surface area contributed by atoms with E-state index in [1.807, 2.05) is 20.8 Å². The van der Waals surface area contributed by atoms with Gasteiger partial charge in [0.25, 0.3) is 0 Å². The molecule has 0 aromatic carbocycles. The lowest BCUT2D eigenvalue weighted by molar-refractivity contribution is -0.167. The Morgan fingerprint density at radius 3 is 2.29 bits per heavy atom. The number of esters is 1. The summed E-state index contributed by atoms with van der Waals surface area (Å²) in [5.74, 6) is -0.0695. The van der Waals surface area contributed by atoms with Gasteiger partial charge in [-0.1, -0.05) is 6.92 Å². The highest BCUT2D eigenvalue weighted by Crippen LogP contribution is 2.54. The second-order valence-electron chi connectivity index (χ2n) is 6.10. The fourth-order valence-corrected chi connectivity index (χ4v) is 2.63. The molecule has 80 valence electrons. The topological polar surface area (TPSA) is 38.3 Å². The first-order valence-electron chi connectivity index (χ1n) is 5.23. The van der Waals surface area contributed by atoms with Gasteiger partial charge in [0.2, 0.25) is 0 Å². The van der Waals surface area contributed by atoms with Crippen LogP contribution in [0.2, 0.25) is 0 Å². The fraction of sp³-hybridized carbons (Fsp3) is 0.909. The summed E-state index contributed by atoms with van der Waals surface area (Å²) >= 11 is 0. The Morgan fingerprint density at radius 1 is 1.36 bits per heavy atom. The second-order valence-corrected chi connectivity index (χ2v) is 6.10. The molecule has 2 heterocycles. The summed E-state index contributed by atoms with van der Waals surface area (Å²) in [6, 6.07) is 0. The lowest BCUT2D eigenvalue weighted by Crippen LogP contribution is -2.55. The average molecular weight is 197 g/mol. The van der Waals surface area contributed by atoms with E-state index >= 15 is 0 Å². The highest BCUT2D eigenvalue weighted by Gasteiger charge is 2.63. The predicted molar refractivity (Wildman–Crippen MR) is 53.9 cm³/mol. The van der Waals surface area contributed by atoms with Crippen LogP contribution < -0.4 is 5.32 Å². The van der Waals surface area contributed by atoms with Gasteiger partial charge >= 0.3 is 5.97 Å². The number of hydrogen-bond donors (Lipinski definition) is 1. The first kappa shape index (κ1) is 9.97. The molecular weight excluding hydrogens is 178 g/mol. The molecule has 0 aromatic rings. The number of rotatable bonds is 1. The van der Waals surface area contributed by atoms with Crippen molar-refractivity contribution in [2.75, 3.05) is 6.54 Å². The van der Waals surface area contributed by atoms with E-state index in [4.69, 9.17) is 4.74 Å². The van der Waals surface area contributed by atoms with Gasteiger partial charge in [-0.2, -0.15) is 0 Å². The van der Waals surface area contributed by atoms with Crippen molar-refractivity contribution in [3.05, 3.63) is 0 Å². The molecule has 0 unspecified atom stereocenters. The van der Waals surface area contributed by atoms with Gasteiger partial charge in [-0.15, -0.1) is 0 Å². The molecule has 14 heavy (non-hydrogen) atoms. The number of nitrogens with one attached hydrogen (secondary N) is 1. The van der Waals surface area contributed by atoms with Crippen LogP contribution in [0.3, 0.4) is 0 Å². The van der Waals surface area contributed by atoms with Crippen molar-refractivity contribution in [2.24, 2.45) is 5.41 Å². The van der Waals surface area contributed by atoms with Gasteiger partial charge in [-0.25, -0.2) is 0 Å². The van der Waals surface area contributed by atoms with Crippen LogP contribution in [-0.4, -0.2) is 23.7 Å². The van der Waals surface area contributed by atoms with E-state index in [9.17, 15) is 4.79 Å². The zero-order valence-electron chi connectivity index (χ0n) is 9.44. The molecule has 1 N–H and O–H groups in total. The van der Waals surface area contributed by atoms with Gasteiger partial charge in [0.1, 0.15) is 11.1 Å². The third-order valence-corrected chi connectivity index (χ3v) is 3.10. The Bertz CT molecular complexity index is 272. The zero-order chi connectivity index (χ0) is 10.6. The van der Waals surface area contributed by atoms with Crippen LogP contribution >= 0.6 is 0 Å². The molecule has 2 saturated heterocycles. The predicted octanol–water partition coefficient (Wildman–Crippen LogP) is 1.47. The quantitative estimate of drug-likeness (QED) is 0.647. The van der Waals surface area contributed by atoms with Crippen LogP contribution in [-0.2, 0) is 9.53 Å². The highest BCUT2D eigenvalue weighted by molar-refractivity contribution is 5.84. The normalized spacial score (nSPS) is 40.6. The molecule has 3 aliphatic rings. The van der Waals surface area contributed by atoms with Crippen LogP contribution in [0.15, 0.2) is 0 Å². The van der Waals surface area contributed by atoms with Crippen LogP contribution in [0.4, 0.5) is 0 Å². The van der Waals surface area contributed by atoms with Gasteiger partial charge in [-0.3, -0.25) is 4.79 Å². The van der Waals surface area contributed by atoms with Crippen molar-refractivity contribution < 1.29 is 9.53 Å². The Kier molecular flexibility index (Phi) is 1.79. The molecule has 0 spiro atoms. The van der Waals surface area contributed by atoms with E-state index in [2.05, 4.69) is 12.2 Å². The molecule has 0 amide bonds. The SMILES string of the molecule is CC12CNC(C(=O)OC(C)(C)C)(C1)C2. The Morgan fingerprint density at radius 2 is 1.93 bits per heavy atom. The minimum absolute atomic E-state index is 0.0695. The molecule has 3 nitrogen and oxygen atoms in total. The number of fused-ring (bicyclic) bond motifs is 1. The lowest BCUT2D eigenvalue weighted by atomic mass is 9.63. The summed E-state index contributed by atoms with van der Waals surface area (Å²) in [5.41, 5.74) is -0.374. The molecule has 3 rings (SSSR count). The summed E-state index contributed by atoms with van der Waals surface area (Å²) in [5, 5.41) is 3.30. The van der Waals surface area contributed by atoms with Crippen molar-refractivity contribution in [1.29, 1.82) is 0 Å². The Balaban J connectivity index is 2.01. The van der Waals surface area contributed by atoms with Crippen molar-refractivity contribution in [3.8, 4) is 0 Å². The standard InChI is InChI=1S/C11H19NO2/c1-9(2,3)14-8(13)11-5-10(4,6-11)7-12-11/h12H,5-7H2,1-4H3. The van der Waals surface area contributed by atoms with E-state index in [1.54, 1.807) is 0 Å². The van der Waals surface area contributed by atoms with E-state index in [1.165, 1.54) is 0 Å². The highest BCUT2D eigenvalue weighted by atomic mass is 16.6. The summed E-state index contributed by atoms with van der Waals surface area (Å²) in [6.45, 7) is 8.90. The van der Waals surface area contributed by atoms with E-state index < -0.39 is 0 Å². The molecule has 0 atom stereocenters. The van der Waals surface area contributed by atoms with Gasteiger partial charge in [-0.05, 0) is 39.0 Å². The molecule has 2 aliphatic heterocycles.